The number of thioether (sulfide) groups is 1. The van der Waals surface area contributed by atoms with Gasteiger partial charge < -0.3 is 0 Å². The van der Waals surface area contributed by atoms with Crippen LogP contribution >= 0.6 is 11.8 Å². The number of hydrogen-bond donors (Lipinski definition) is 1. The van der Waals surface area contributed by atoms with Crippen LogP contribution in [0, 0.1) is 6.92 Å². The molecule has 0 atom stereocenters. The third kappa shape index (κ3) is 7.27. The van der Waals surface area contributed by atoms with Gasteiger partial charge in [-0.1, -0.05) is 43.9 Å². The molecule has 1 aromatic rings. The standard InChI is InChI=1S/C16H21F3O3S2/c1-3-4-5-6-7-13(11-23-16(17,18)19)14-10-12(2)8-9-15(14)24(20,21)22/h8-11H,3-7H2,1-2H3,(H,20,21,22). The first-order valence-corrected chi connectivity index (χ1v) is 9.88. The monoisotopic (exact) mass is 382 g/mol. The van der Waals surface area contributed by atoms with Gasteiger partial charge in [-0.15, -0.1) is 0 Å². The maximum Gasteiger partial charge on any atom is 0.445 e. The number of benzene rings is 1. The zero-order valence-corrected chi connectivity index (χ0v) is 15.2. The highest BCUT2D eigenvalue weighted by Crippen LogP contribution is 2.37. The van der Waals surface area contributed by atoms with Crippen molar-refractivity contribution >= 4 is 27.5 Å². The van der Waals surface area contributed by atoms with E-state index in [1.165, 1.54) is 18.2 Å². The Morgan fingerprint density at radius 3 is 2.46 bits per heavy atom. The second-order valence-electron chi connectivity index (χ2n) is 5.49. The van der Waals surface area contributed by atoms with Crippen molar-refractivity contribution in [1.82, 2.24) is 0 Å². The average molecular weight is 382 g/mol. The zero-order chi connectivity index (χ0) is 18.4. The molecule has 1 aromatic carbocycles. The predicted molar refractivity (Wildman–Crippen MR) is 91.4 cm³/mol. The molecule has 0 amide bonds. The van der Waals surface area contributed by atoms with Crippen molar-refractivity contribution in [1.29, 1.82) is 0 Å². The fourth-order valence-electron chi connectivity index (χ4n) is 2.26. The van der Waals surface area contributed by atoms with Gasteiger partial charge in [0.15, 0.2) is 0 Å². The van der Waals surface area contributed by atoms with Gasteiger partial charge in [0, 0.05) is 0 Å². The molecule has 0 saturated heterocycles. The summed E-state index contributed by atoms with van der Waals surface area (Å²) in [4.78, 5) is -0.363. The van der Waals surface area contributed by atoms with Crippen LogP contribution < -0.4 is 0 Å². The van der Waals surface area contributed by atoms with Crippen LogP contribution in [-0.4, -0.2) is 18.5 Å². The van der Waals surface area contributed by atoms with Gasteiger partial charge in [0.05, 0.1) is 0 Å². The van der Waals surface area contributed by atoms with E-state index in [1.54, 1.807) is 6.92 Å². The summed E-state index contributed by atoms with van der Waals surface area (Å²) < 4.78 is 70.1. The minimum Gasteiger partial charge on any atom is -0.282 e. The highest BCUT2D eigenvalue weighted by atomic mass is 32.2. The van der Waals surface area contributed by atoms with E-state index in [-0.39, 0.29) is 27.8 Å². The van der Waals surface area contributed by atoms with Crippen molar-refractivity contribution in [3.05, 3.63) is 34.7 Å². The van der Waals surface area contributed by atoms with E-state index in [9.17, 15) is 26.1 Å². The molecule has 0 fully saturated rings. The van der Waals surface area contributed by atoms with Crippen molar-refractivity contribution in [2.75, 3.05) is 0 Å². The van der Waals surface area contributed by atoms with E-state index in [4.69, 9.17) is 0 Å². The molecule has 0 spiro atoms. The van der Waals surface area contributed by atoms with Crippen LogP contribution in [0.5, 0.6) is 0 Å². The molecule has 0 aliphatic carbocycles. The molecule has 0 aliphatic heterocycles. The van der Waals surface area contributed by atoms with Crippen LogP contribution in [0.4, 0.5) is 13.2 Å². The molecule has 3 nitrogen and oxygen atoms in total. The van der Waals surface area contributed by atoms with E-state index >= 15 is 0 Å². The Morgan fingerprint density at radius 2 is 1.92 bits per heavy atom. The number of alkyl halides is 3. The minimum absolute atomic E-state index is 0.130. The fraction of sp³-hybridized carbons (Fsp3) is 0.500. The third-order valence-corrected chi connectivity index (χ3v) is 4.97. The Hall–Kier alpha value is -0.990. The van der Waals surface area contributed by atoms with Crippen molar-refractivity contribution in [3.63, 3.8) is 0 Å². The van der Waals surface area contributed by atoms with E-state index in [2.05, 4.69) is 0 Å². The van der Waals surface area contributed by atoms with Gasteiger partial charge in [-0.2, -0.15) is 21.6 Å². The predicted octanol–water partition coefficient (Wildman–Crippen LogP) is 5.81. The van der Waals surface area contributed by atoms with Crippen LogP contribution in [0.1, 0.15) is 50.2 Å². The second-order valence-corrected chi connectivity index (χ2v) is 7.82. The van der Waals surface area contributed by atoms with Crippen LogP contribution in [0.25, 0.3) is 5.57 Å². The Labute approximate surface area is 145 Å². The largest absolute Gasteiger partial charge is 0.445 e. The van der Waals surface area contributed by atoms with Gasteiger partial charge in [-0.3, -0.25) is 4.55 Å². The number of hydrogen-bond acceptors (Lipinski definition) is 3. The summed E-state index contributed by atoms with van der Waals surface area (Å²) >= 11 is -0.313. The molecular weight excluding hydrogens is 361 g/mol. The van der Waals surface area contributed by atoms with Crippen molar-refractivity contribution in [2.24, 2.45) is 0 Å². The van der Waals surface area contributed by atoms with Gasteiger partial charge in [0.2, 0.25) is 0 Å². The second kappa shape index (κ2) is 8.92. The SMILES string of the molecule is CCCCCCC(=CSC(F)(F)F)c1cc(C)ccc1S(=O)(=O)O. The zero-order valence-electron chi connectivity index (χ0n) is 13.6. The van der Waals surface area contributed by atoms with Crippen LogP contribution in [0.2, 0.25) is 0 Å². The maximum atomic E-state index is 12.5. The first kappa shape index (κ1) is 21.1. The minimum atomic E-state index is -4.52. The lowest BCUT2D eigenvalue weighted by atomic mass is 9.99. The Morgan fingerprint density at radius 1 is 1.25 bits per heavy atom. The Balaban J connectivity index is 3.25. The lowest BCUT2D eigenvalue weighted by Gasteiger charge is -2.13. The molecule has 8 heteroatoms. The van der Waals surface area contributed by atoms with E-state index in [0.29, 0.717) is 18.4 Å². The van der Waals surface area contributed by atoms with Crippen molar-refractivity contribution < 1.29 is 26.1 Å². The summed E-state index contributed by atoms with van der Waals surface area (Å²) in [5, 5.41) is 0.940. The van der Waals surface area contributed by atoms with Crippen LogP contribution in [0.3, 0.4) is 0 Å². The molecule has 0 aromatic heterocycles. The smallest absolute Gasteiger partial charge is 0.282 e. The summed E-state index contributed by atoms with van der Waals surface area (Å²) in [7, 11) is -4.52. The fourth-order valence-corrected chi connectivity index (χ4v) is 3.49. The van der Waals surface area contributed by atoms with Crippen LogP contribution in [0.15, 0.2) is 28.5 Å². The van der Waals surface area contributed by atoms with Gasteiger partial charge in [-0.05, 0) is 54.1 Å². The number of unbranched alkanes of at least 4 members (excludes halogenated alkanes) is 3. The van der Waals surface area contributed by atoms with Gasteiger partial charge in [0.1, 0.15) is 4.90 Å². The topological polar surface area (TPSA) is 54.4 Å². The summed E-state index contributed by atoms with van der Waals surface area (Å²) in [6.07, 6.45) is 3.75. The Kier molecular flexibility index (Phi) is 7.82. The first-order valence-electron chi connectivity index (χ1n) is 7.56. The number of halogens is 3. The molecule has 0 radical (unpaired) electrons. The molecule has 0 heterocycles. The summed E-state index contributed by atoms with van der Waals surface area (Å²) in [5.74, 6) is 0. The summed E-state index contributed by atoms with van der Waals surface area (Å²) in [6.45, 7) is 3.73. The molecule has 1 N–H and O–H groups in total. The Bertz CT molecular complexity index is 680. The van der Waals surface area contributed by atoms with E-state index in [0.717, 1.165) is 24.7 Å². The maximum absolute atomic E-state index is 12.5. The molecular formula is C16H21F3O3S2. The van der Waals surface area contributed by atoms with Gasteiger partial charge >= 0.3 is 5.51 Å². The highest BCUT2D eigenvalue weighted by Gasteiger charge is 2.28. The van der Waals surface area contributed by atoms with E-state index < -0.39 is 15.6 Å². The molecule has 0 saturated carbocycles. The molecule has 0 bridgehead atoms. The molecule has 24 heavy (non-hydrogen) atoms. The number of allylic oxidation sites excluding steroid dienone is 1. The van der Waals surface area contributed by atoms with Crippen molar-refractivity contribution in [2.45, 2.75) is 56.4 Å². The number of aryl methyl sites for hydroxylation is 1. The van der Waals surface area contributed by atoms with Gasteiger partial charge in [-0.25, -0.2) is 0 Å². The molecule has 1 rings (SSSR count). The molecule has 136 valence electrons. The summed E-state index contributed by atoms with van der Waals surface area (Å²) in [6, 6.07) is 4.21. The highest BCUT2D eigenvalue weighted by molar-refractivity contribution is 8.03. The molecule has 0 unspecified atom stereocenters. The van der Waals surface area contributed by atoms with Crippen molar-refractivity contribution in [3.8, 4) is 0 Å². The van der Waals surface area contributed by atoms with E-state index in [1.807, 2.05) is 6.92 Å². The lowest BCUT2D eigenvalue weighted by Crippen LogP contribution is -2.04. The third-order valence-electron chi connectivity index (χ3n) is 3.39. The first-order chi connectivity index (χ1) is 11.0. The average Bonchev–Trinajstić information content (AvgIpc) is 2.44. The quantitative estimate of drug-likeness (QED) is 0.456. The summed E-state index contributed by atoms with van der Waals surface area (Å²) in [5.41, 5.74) is -3.35. The number of rotatable bonds is 8. The lowest BCUT2D eigenvalue weighted by molar-refractivity contribution is -0.0319. The van der Waals surface area contributed by atoms with Gasteiger partial charge in [0.25, 0.3) is 10.1 Å². The molecule has 0 aliphatic rings. The normalized spacial score (nSPS) is 13.3. The van der Waals surface area contributed by atoms with Crippen LogP contribution in [-0.2, 0) is 10.1 Å².